The molecule has 0 radical (unpaired) electrons. The third-order valence-corrected chi connectivity index (χ3v) is 4.91. The number of nitrogens with zero attached hydrogens (tertiary/aromatic N) is 3. The van der Waals surface area contributed by atoms with Crippen molar-refractivity contribution in [1.82, 2.24) is 14.7 Å². The van der Waals surface area contributed by atoms with Crippen LogP contribution in [0.15, 0.2) is 28.9 Å². The van der Waals surface area contributed by atoms with E-state index < -0.39 is 17.8 Å². The number of rotatable bonds is 1. The monoisotopic (exact) mass is 411 g/mol. The Kier molecular flexibility index (Phi) is 5.04. The van der Waals surface area contributed by atoms with Crippen molar-refractivity contribution in [2.24, 2.45) is 0 Å². The van der Waals surface area contributed by atoms with Crippen LogP contribution in [0.1, 0.15) is 39.7 Å². The predicted octanol–water partition coefficient (Wildman–Crippen LogP) is 4.71. The van der Waals surface area contributed by atoms with Gasteiger partial charge in [-0.3, -0.25) is 4.68 Å². The molecule has 1 aliphatic heterocycles. The maximum absolute atomic E-state index is 14.9. The van der Waals surface area contributed by atoms with Gasteiger partial charge in [-0.25, -0.2) is 9.18 Å². The van der Waals surface area contributed by atoms with E-state index in [2.05, 4.69) is 21.0 Å². The van der Waals surface area contributed by atoms with Crippen LogP contribution >= 0.6 is 15.9 Å². The number of para-hydroxylation sites is 1. The summed E-state index contributed by atoms with van der Waals surface area (Å²) in [6.07, 6.45) is -0.677. The van der Waals surface area contributed by atoms with E-state index in [4.69, 9.17) is 4.74 Å². The Labute approximate surface area is 155 Å². The average molecular weight is 412 g/mol. The summed E-state index contributed by atoms with van der Waals surface area (Å²) in [5, 5.41) is 5.45. The van der Waals surface area contributed by atoms with Crippen molar-refractivity contribution in [3.05, 3.63) is 28.9 Å². The highest BCUT2D eigenvalue weighted by Gasteiger charge is 2.32. The van der Waals surface area contributed by atoms with Gasteiger partial charge in [0, 0.05) is 18.5 Å². The molecule has 1 aromatic carbocycles. The van der Waals surface area contributed by atoms with E-state index in [9.17, 15) is 9.18 Å². The van der Waals surface area contributed by atoms with Gasteiger partial charge in [-0.2, -0.15) is 5.10 Å². The molecule has 0 bridgehead atoms. The van der Waals surface area contributed by atoms with Gasteiger partial charge in [0.15, 0.2) is 0 Å². The van der Waals surface area contributed by atoms with Crippen LogP contribution in [0.4, 0.5) is 9.18 Å². The number of carbonyl (C=O) groups is 1. The van der Waals surface area contributed by atoms with Gasteiger partial charge in [-0.15, -0.1) is 0 Å². The number of hydrogen-bond acceptors (Lipinski definition) is 3. The lowest BCUT2D eigenvalue weighted by atomic mass is 10.1. The van der Waals surface area contributed by atoms with Crippen LogP contribution in [0.5, 0.6) is 0 Å². The maximum Gasteiger partial charge on any atom is 0.410 e. The third kappa shape index (κ3) is 3.97. The van der Waals surface area contributed by atoms with Crippen LogP contribution in [-0.4, -0.2) is 45.6 Å². The van der Waals surface area contributed by atoms with E-state index in [1.807, 2.05) is 45.0 Å². The standard InChI is InChI=1S/C18H23BrFN3O2/c1-18(2,3)25-17(24)22-10-8-13(20)15(9-11-22)23-14-7-5-4-6-12(14)16(19)21-23/h4-7,13,15H,8-11H2,1-3H3/t13-,15-/m1/s1. The molecule has 0 N–H and O–H groups in total. The largest absolute Gasteiger partial charge is 0.444 e. The number of alkyl halides is 1. The number of ether oxygens (including phenoxy) is 1. The molecule has 0 unspecified atom stereocenters. The highest BCUT2D eigenvalue weighted by atomic mass is 79.9. The minimum Gasteiger partial charge on any atom is -0.444 e. The molecule has 136 valence electrons. The molecule has 2 atom stereocenters. The predicted molar refractivity (Wildman–Crippen MR) is 98.4 cm³/mol. The molecule has 1 amide bonds. The summed E-state index contributed by atoms with van der Waals surface area (Å²) in [6, 6.07) is 7.35. The lowest BCUT2D eigenvalue weighted by Gasteiger charge is -2.26. The first kappa shape index (κ1) is 18.2. The molecule has 7 heteroatoms. The molecule has 5 nitrogen and oxygen atoms in total. The Balaban J connectivity index is 1.81. The number of fused-ring (bicyclic) bond motifs is 1. The van der Waals surface area contributed by atoms with Gasteiger partial charge in [-0.05, 0) is 55.6 Å². The second-order valence-electron chi connectivity index (χ2n) is 7.38. The van der Waals surface area contributed by atoms with Gasteiger partial charge in [-0.1, -0.05) is 18.2 Å². The zero-order chi connectivity index (χ0) is 18.2. The number of hydrogen-bond donors (Lipinski definition) is 0. The van der Waals surface area contributed by atoms with Crippen LogP contribution in [0.3, 0.4) is 0 Å². The number of carbonyl (C=O) groups excluding carboxylic acids is 1. The number of aromatic nitrogens is 2. The lowest BCUT2D eigenvalue weighted by molar-refractivity contribution is 0.0254. The minimum atomic E-state index is -1.07. The Bertz CT molecular complexity index is 771. The average Bonchev–Trinajstić information content (AvgIpc) is 2.73. The van der Waals surface area contributed by atoms with E-state index in [-0.39, 0.29) is 12.5 Å². The first-order chi connectivity index (χ1) is 11.8. The molecule has 2 aromatic rings. The van der Waals surface area contributed by atoms with E-state index >= 15 is 0 Å². The van der Waals surface area contributed by atoms with Crippen LogP contribution in [0, 0.1) is 0 Å². The molecular weight excluding hydrogens is 389 g/mol. The molecule has 0 spiro atoms. The second-order valence-corrected chi connectivity index (χ2v) is 8.13. The van der Waals surface area contributed by atoms with Crippen LogP contribution < -0.4 is 0 Å². The van der Waals surface area contributed by atoms with Crippen LogP contribution in [-0.2, 0) is 4.74 Å². The van der Waals surface area contributed by atoms with Gasteiger partial charge in [0.2, 0.25) is 0 Å². The summed E-state index contributed by atoms with van der Waals surface area (Å²) in [6.45, 7) is 6.30. The SMILES string of the molecule is CC(C)(C)OC(=O)N1CC[C@@H](F)[C@H](n2nc(Br)c3ccccc32)CC1. The van der Waals surface area contributed by atoms with Crippen molar-refractivity contribution in [2.45, 2.75) is 51.4 Å². The Morgan fingerprint density at radius 2 is 1.96 bits per heavy atom. The number of benzene rings is 1. The molecule has 1 saturated heterocycles. The van der Waals surface area contributed by atoms with Gasteiger partial charge < -0.3 is 9.64 Å². The Morgan fingerprint density at radius 1 is 1.28 bits per heavy atom. The quantitative estimate of drug-likeness (QED) is 0.682. The fourth-order valence-electron chi connectivity index (χ4n) is 3.14. The molecule has 25 heavy (non-hydrogen) atoms. The number of amides is 1. The fraction of sp³-hybridized carbons (Fsp3) is 0.556. The fourth-order valence-corrected chi connectivity index (χ4v) is 3.65. The first-order valence-corrected chi connectivity index (χ1v) is 9.30. The zero-order valence-corrected chi connectivity index (χ0v) is 16.3. The summed E-state index contributed by atoms with van der Waals surface area (Å²) in [7, 11) is 0. The number of halogens is 2. The maximum atomic E-state index is 14.9. The summed E-state index contributed by atoms with van der Waals surface area (Å²) < 4.78 is 22.7. The van der Waals surface area contributed by atoms with Crippen molar-refractivity contribution in [3.8, 4) is 0 Å². The lowest BCUT2D eigenvalue weighted by Crippen LogP contribution is -2.37. The first-order valence-electron chi connectivity index (χ1n) is 8.51. The summed E-state index contributed by atoms with van der Waals surface area (Å²) in [5.74, 6) is 0. The van der Waals surface area contributed by atoms with Gasteiger partial charge in [0.1, 0.15) is 16.4 Å². The van der Waals surface area contributed by atoms with Crippen LogP contribution in [0.2, 0.25) is 0 Å². The van der Waals surface area contributed by atoms with E-state index in [1.165, 1.54) is 0 Å². The van der Waals surface area contributed by atoms with Gasteiger partial charge >= 0.3 is 6.09 Å². The second kappa shape index (κ2) is 6.94. The van der Waals surface area contributed by atoms with E-state index in [0.29, 0.717) is 24.1 Å². The topological polar surface area (TPSA) is 47.4 Å². The summed E-state index contributed by atoms with van der Waals surface area (Å²) in [5.41, 5.74) is 0.341. The van der Waals surface area contributed by atoms with Gasteiger partial charge in [0.25, 0.3) is 0 Å². The van der Waals surface area contributed by atoms with Gasteiger partial charge in [0.05, 0.1) is 11.6 Å². The molecular formula is C18H23BrFN3O2. The Hall–Kier alpha value is -1.63. The minimum absolute atomic E-state index is 0.274. The molecule has 1 aliphatic rings. The molecule has 0 aliphatic carbocycles. The van der Waals surface area contributed by atoms with E-state index in [1.54, 1.807) is 9.58 Å². The number of likely N-dealkylation sites (tertiary alicyclic amines) is 1. The summed E-state index contributed by atoms with van der Waals surface area (Å²) >= 11 is 3.45. The zero-order valence-electron chi connectivity index (χ0n) is 14.7. The molecule has 0 saturated carbocycles. The van der Waals surface area contributed by atoms with Crippen molar-refractivity contribution in [2.75, 3.05) is 13.1 Å². The van der Waals surface area contributed by atoms with Crippen molar-refractivity contribution in [1.29, 1.82) is 0 Å². The normalized spacial score (nSPS) is 22.0. The highest BCUT2D eigenvalue weighted by molar-refractivity contribution is 9.10. The van der Waals surface area contributed by atoms with Crippen molar-refractivity contribution < 1.29 is 13.9 Å². The smallest absolute Gasteiger partial charge is 0.410 e. The third-order valence-electron chi connectivity index (χ3n) is 4.32. The molecule has 2 heterocycles. The van der Waals surface area contributed by atoms with Crippen molar-refractivity contribution in [3.63, 3.8) is 0 Å². The molecule has 3 rings (SSSR count). The van der Waals surface area contributed by atoms with Crippen LogP contribution in [0.25, 0.3) is 10.9 Å². The van der Waals surface area contributed by atoms with Crippen molar-refractivity contribution >= 4 is 32.9 Å². The highest BCUT2D eigenvalue weighted by Crippen LogP contribution is 2.32. The Morgan fingerprint density at radius 3 is 2.68 bits per heavy atom. The summed E-state index contributed by atoms with van der Waals surface area (Å²) in [4.78, 5) is 13.9. The molecule has 1 aromatic heterocycles. The molecule has 1 fully saturated rings. The van der Waals surface area contributed by atoms with E-state index in [0.717, 1.165) is 10.9 Å².